The Morgan fingerprint density at radius 2 is 1.28 bits per heavy atom. The van der Waals surface area contributed by atoms with Crippen molar-refractivity contribution in [2.45, 2.75) is 24.9 Å². The number of nitrogens with one attached hydrogen (secondary N) is 2. The van der Waals surface area contributed by atoms with Crippen molar-refractivity contribution in [3.05, 3.63) is 0 Å². The van der Waals surface area contributed by atoms with E-state index >= 15 is 0 Å². The Kier molecular flexibility index (Phi) is 6.31. The average Bonchev–Trinajstić information content (AvgIpc) is 2.20. The van der Waals surface area contributed by atoms with E-state index in [2.05, 4.69) is 0 Å². The molecule has 10 heteroatoms. The predicted molar refractivity (Wildman–Crippen MR) is 55.2 cm³/mol. The molecule has 0 heterocycles. The number of hydrogen-bond acceptors (Lipinski definition) is 6. The molecule has 0 saturated carbocycles. The minimum absolute atomic E-state index is 0.568. The van der Waals surface area contributed by atoms with Crippen LogP contribution in [0.1, 0.15) is 12.8 Å². The summed E-state index contributed by atoms with van der Waals surface area (Å²) >= 11 is 0. The van der Waals surface area contributed by atoms with Gasteiger partial charge in [-0.05, 0) is 0 Å². The lowest BCUT2D eigenvalue weighted by Crippen LogP contribution is -2.54. The maximum Gasteiger partial charge on any atom is 0.322 e. The molecule has 0 aromatic carbocycles. The van der Waals surface area contributed by atoms with Gasteiger partial charge >= 0.3 is 17.9 Å². The van der Waals surface area contributed by atoms with Gasteiger partial charge in [0.15, 0.2) is 0 Å². The molecule has 0 aliphatic heterocycles. The molecule has 1 amide bonds. The van der Waals surface area contributed by atoms with Gasteiger partial charge in [-0.15, -0.1) is 0 Å². The summed E-state index contributed by atoms with van der Waals surface area (Å²) in [6, 6.07) is -2.98. The number of amides is 1. The highest BCUT2D eigenvalue weighted by atomic mass is 16.4. The van der Waals surface area contributed by atoms with E-state index in [-0.39, 0.29) is 0 Å². The van der Waals surface area contributed by atoms with E-state index in [1.807, 2.05) is 10.9 Å². The number of aliphatic carboxylic acids is 3. The molecule has 0 saturated heterocycles. The number of carbonyl (C=O) groups excluding carboxylic acids is 1. The van der Waals surface area contributed by atoms with Gasteiger partial charge in [0.2, 0.25) is 5.91 Å². The fraction of sp³-hybridized carbons (Fsp3) is 0.500. The number of carbonyl (C=O) groups is 4. The van der Waals surface area contributed by atoms with Gasteiger partial charge in [-0.1, -0.05) is 0 Å². The van der Waals surface area contributed by atoms with Crippen LogP contribution >= 0.6 is 0 Å². The van der Waals surface area contributed by atoms with Gasteiger partial charge in [-0.3, -0.25) is 19.2 Å². The summed E-state index contributed by atoms with van der Waals surface area (Å²) in [5.41, 5.74) is 8.86. The molecule has 0 bridgehead atoms. The van der Waals surface area contributed by atoms with Gasteiger partial charge in [-0.2, -0.15) is 0 Å². The Bertz CT molecular complexity index is 323. The highest BCUT2D eigenvalue weighted by Gasteiger charge is 2.25. The Labute approximate surface area is 101 Å². The molecule has 0 rings (SSSR count). The maximum absolute atomic E-state index is 10.7. The second-order valence-corrected chi connectivity index (χ2v) is 3.34. The van der Waals surface area contributed by atoms with E-state index in [0.29, 0.717) is 0 Å². The van der Waals surface area contributed by atoms with Crippen LogP contribution in [0, 0.1) is 0 Å². The average molecular weight is 263 g/mol. The molecule has 0 radical (unpaired) electrons. The molecule has 0 fully saturated rings. The van der Waals surface area contributed by atoms with Crippen LogP contribution in [0.2, 0.25) is 0 Å². The van der Waals surface area contributed by atoms with Crippen LogP contribution < -0.4 is 16.6 Å². The summed E-state index contributed by atoms with van der Waals surface area (Å²) in [6.45, 7) is 0. The molecular formula is C8H13N3O7. The molecule has 0 aliphatic carbocycles. The first-order valence-corrected chi connectivity index (χ1v) is 4.70. The van der Waals surface area contributed by atoms with Gasteiger partial charge in [0, 0.05) is 0 Å². The number of carboxylic acids is 3. The second kappa shape index (κ2) is 7.19. The van der Waals surface area contributed by atoms with Crippen molar-refractivity contribution in [3.63, 3.8) is 0 Å². The monoisotopic (exact) mass is 263 g/mol. The quantitative estimate of drug-likeness (QED) is 0.242. The summed E-state index contributed by atoms with van der Waals surface area (Å²) in [4.78, 5) is 42.2. The third kappa shape index (κ3) is 6.40. The Morgan fingerprint density at radius 1 is 0.889 bits per heavy atom. The largest absolute Gasteiger partial charge is 0.481 e. The van der Waals surface area contributed by atoms with Crippen molar-refractivity contribution in [1.82, 2.24) is 10.9 Å². The van der Waals surface area contributed by atoms with Crippen LogP contribution in [0.25, 0.3) is 0 Å². The third-order valence-corrected chi connectivity index (χ3v) is 1.81. The van der Waals surface area contributed by atoms with Crippen molar-refractivity contribution in [1.29, 1.82) is 0 Å². The molecular weight excluding hydrogens is 250 g/mol. The van der Waals surface area contributed by atoms with E-state index in [1.165, 1.54) is 0 Å². The van der Waals surface area contributed by atoms with Gasteiger partial charge in [0.1, 0.15) is 12.1 Å². The topological polar surface area (TPSA) is 179 Å². The van der Waals surface area contributed by atoms with Crippen LogP contribution in [0.4, 0.5) is 0 Å². The van der Waals surface area contributed by atoms with E-state index in [0.717, 1.165) is 0 Å². The Hall–Kier alpha value is -2.20. The maximum atomic E-state index is 10.7. The summed E-state index contributed by atoms with van der Waals surface area (Å²) in [5, 5.41) is 25.8. The highest BCUT2D eigenvalue weighted by Crippen LogP contribution is 1.94. The molecule has 0 aromatic heterocycles. The standard InChI is InChI=1S/C8H13N3O7/c9-5(12)1-3(7(15)16)10-11-4(8(17)18)2-6(13)14/h3-4,10-11H,1-2H2,(H2,9,12)(H,13,14)(H,15,16)(H,17,18). The molecule has 102 valence electrons. The second-order valence-electron chi connectivity index (χ2n) is 3.34. The molecule has 18 heavy (non-hydrogen) atoms. The van der Waals surface area contributed by atoms with E-state index < -0.39 is 48.7 Å². The lowest BCUT2D eigenvalue weighted by molar-refractivity contribution is -0.147. The first-order chi connectivity index (χ1) is 8.23. The molecule has 10 nitrogen and oxygen atoms in total. The minimum atomic E-state index is -1.53. The van der Waals surface area contributed by atoms with Gasteiger partial charge in [0.05, 0.1) is 12.8 Å². The van der Waals surface area contributed by atoms with E-state index in [4.69, 9.17) is 21.1 Å². The number of primary amides is 1. The first kappa shape index (κ1) is 15.8. The van der Waals surface area contributed by atoms with Crippen LogP contribution in [-0.4, -0.2) is 51.2 Å². The zero-order chi connectivity index (χ0) is 14.3. The van der Waals surface area contributed by atoms with Crippen molar-refractivity contribution in [2.24, 2.45) is 5.73 Å². The number of carboxylic acid groups (broad SMARTS) is 3. The molecule has 0 aromatic rings. The van der Waals surface area contributed by atoms with E-state index in [9.17, 15) is 19.2 Å². The van der Waals surface area contributed by atoms with Gasteiger partial charge < -0.3 is 21.1 Å². The summed E-state index contributed by atoms with van der Waals surface area (Å²) in [5.74, 6) is -5.19. The number of hydrogen-bond donors (Lipinski definition) is 6. The van der Waals surface area contributed by atoms with Crippen LogP contribution in [0.15, 0.2) is 0 Å². The number of nitrogens with two attached hydrogens (primary N) is 1. The fourth-order valence-corrected chi connectivity index (χ4v) is 0.977. The molecule has 2 atom stereocenters. The summed E-state index contributed by atoms with van der Waals surface area (Å²) < 4.78 is 0. The molecule has 2 unspecified atom stereocenters. The van der Waals surface area contributed by atoms with E-state index in [1.54, 1.807) is 0 Å². The zero-order valence-electron chi connectivity index (χ0n) is 9.12. The third-order valence-electron chi connectivity index (χ3n) is 1.81. The van der Waals surface area contributed by atoms with Crippen LogP contribution in [-0.2, 0) is 19.2 Å². The smallest absolute Gasteiger partial charge is 0.322 e. The molecule has 7 N–H and O–H groups in total. The zero-order valence-corrected chi connectivity index (χ0v) is 9.12. The lowest BCUT2D eigenvalue weighted by Gasteiger charge is -2.17. The Balaban J connectivity index is 4.45. The van der Waals surface area contributed by atoms with Crippen molar-refractivity contribution in [3.8, 4) is 0 Å². The highest BCUT2D eigenvalue weighted by molar-refractivity contribution is 5.83. The van der Waals surface area contributed by atoms with Crippen molar-refractivity contribution in [2.75, 3.05) is 0 Å². The van der Waals surface area contributed by atoms with Crippen LogP contribution in [0.5, 0.6) is 0 Å². The number of rotatable bonds is 9. The summed E-state index contributed by atoms with van der Waals surface area (Å²) in [6.07, 6.45) is -1.33. The fourth-order valence-electron chi connectivity index (χ4n) is 0.977. The van der Waals surface area contributed by atoms with Crippen molar-refractivity contribution >= 4 is 23.8 Å². The first-order valence-electron chi connectivity index (χ1n) is 4.70. The Morgan fingerprint density at radius 3 is 1.56 bits per heavy atom. The normalized spacial score (nSPS) is 13.6. The lowest BCUT2D eigenvalue weighted by atomic mass is 10.2. The predicted octanol–water partition coefficient (Wildman–Crippen LogP) is -2.66. The molecule has 0 aliphatic rings. The van der Waals surface area contributed by atoms with Gasteiger partial charge in [0.25, 0.3) is 0 Å². The van der Waals surface area contributed by atoms with Crippen molar-refractivity contribution < 1.29 is 34.5 Å². The van der Waals surface area contributed by atoms with Crippen LogP contribution in [0.3, 0.4) is 0 Å². The molecule has 0 spiro atoms. The SMILES string of the molecule is NC(=O)CC(NNC(CC(=O)O)C(=O)O)C(=O)O. The number of hydrazine groups is 1. The minimum Gasteiger partial charge on any atom is -0.481 e. The summed E-state index contributed by atoms with van der Waals surface area (Å²) in [7, 11) is 0. The van der Waals surface area contributed by atoms with Gasteiger partial charge in [-0.25, -0.2) is 10.9 Å².